The van der Waals surface area contributed by atoms with Crippen LogP contribution in [0.1, 0.15) is 0 Å². The lowest BCUT2D eigenvalue weighted by Gasteiger charge is -2.10. The van der Waals surface area contributed by atoms with Crippen LogP contribution in [-0.4, -0.2) is 0 Å². The molecule has 0 spiro atoms. The minimum absolute atomic E-state index is 0. The molecular weight excluding hydrogens is 480 g/mol. The first kappa shape index (κ1) is 27.4. The zero-order chi connectivity index (χ0) is 24.7. The summed E-state index contributed by atoms with van der Waals surface area (Å²) in [6.07, 6.45) is 0. The van der Waals surface area contributed by atoms with E-state index in [1.165, 1.54) is 0 Å². The van der Waals surface area contributed by atoms with Crippen molar-refractivity contribution in [2.24, 2.45) is 0 Å². The second kappa shape index (κ2) is 12.7. The van der Waals surface area contributed by atoms with Crippen molar-refractivity contribution in [3.63, 3.8) is 0 Å². The van der Waals surface area contributed by atoms with E-state index >= 15 is 0 Å². The predicted molar refractivity (Wildman–Crippen MR) is 151 cm³/mol. The molecule has 0 bridgehead atoms. The number of benzene rings is 5. The Morgan fingerprint density at radius 2 is 0.395 bits per heavy atom. The van der Waals surface area contributed by atoms with Crippen LogP contribution in [0.15, 0.2) is 121 Å². The maximum atomic E-state index is 5.93. The summed E-state index contributed by atoms with van der Waals surface area (Å²) >= 11 is 0. The molecule has 0 atom stereocenters. The minimum Gasteiger partial charge on any atom is -0.457 e. The third-order valence-electron chi connectivity index (χ3n) is 5.17. The number of anilines is 2. The number of rotatable bonds is 8. The molecule has 194 valence electrons. The lowest BCUT2D eigenvalue weighted by Crippen LogP contribution is -1.89. The van der Waals surface area contributed by atoms with Crippen molar-refractivity contribution in [3.8, 4) is 46.0 Å². The van der Waals surface area contributed by atoms with Crippen molar-refractivity contribution >= 4 is 11.4 Å². The molecule has 5 rings (SSSR count). The fourth-order valence-electron chi connectivity index (χ4n) is 3.34. The zero-order valence-electron chi connectivity index (χ0n) is 20.7. The molecule has 38 heavy (non-hydrogen) atoms. The van der Waals surface area contributed by atoms with Crippen LogP contribution in [-0.2, 0) is 0 Å². The van der Waals surface area contributed by atoms with Crippen LogP contribution >= 0.6 is 0 Å². The molecule has 10 N–H and O–H groups in total. The van der Waals surface area contributed by atoms with Gasteiger partial charge in [0.2, 0.25) is 0 Å². The molecule has 0 fully saturated rings. The second-order valence-electron chi connectivity index (χ2n) is 7.96. The highest BCUT2D eigenvalue weighted by Crippen LogP contribution is 2.30. The van der Waals surface area contributed by atoms with Gasteiger partial charge in [-0.15, -0.1) is 0 Å². The molecule has 0 saturated carbocycles. The summed E-state index contributed by atoms with van der Waals surface area (Å²) in [6, 6.07) is 36.7. The Hall–Kier alpha value is -5.18. The third-order valence-corrected chi connectivity index (χ3v) is 5.17. The number of hydrogen-bond acceptors (Lipinski definition) is 8. The normalized spacial score (nSPS) is 9.89. The Labute approximate surface area is 221 Å². The second-order valence-corrected chi connectivity index (χ2v) is 7.96. The molecule has 5 aromatic carbocycles. The van der Waals surface area contributed by atoms with Crippen LogP contribution in [0.4, 0.5) is 11.4 Å². The van der Waals surface area contributed by atoms with E-state index in [4.69, 9.17) is 30.4 Å². The van der Waals surface area contributed by atoms with Gasteiger partial charge >= 0.3 is 0 Å². The molecule has 0 amide bonds. The van der Waals surface area contributed by atoms with E-state index in [0.29, 0.717) is 45.9 Å². The average Bonchev–Trinajstić information content (AvgIpc) is 2.90. The number of hydrogen-bond donors (Lipinski definition) is 4. The highest BCUT2D eigenvalue weighted by atomic mass is 16.5. The molecule has 0 radical (unpaired) electrons. The van der Waals surface area contributed by atoms with Gasteiger partial charge in [-0.1, -0.05) is 0 Å². The maximum absolute atomic E-state index is 5.93. The summed E-state index contributed by atoms with van der Waals surface area (Å²) in [4.78, 5) is 0. The molecule has 8 heteroatoms. The van der Waals surface area contributed by atoms with E-state index in [0.717, 1.165) is 11.5 Å². The lowest BCUT2D eigenvalue weighted by molar-refractivity contribution is 0.461. The predicted octanol–water partition coefficient (Wildman–Crippen LogP) is 8.34. The van der Waals surface area contributed by atoms with E-state index in [1.807, 2.05) is 97.1 Å². The molecule has 0 saturated heterocycles. The smallest absolute Gasteiger partial charge is 0.127 e. The van der Waals surface area contributed by atoms with Crippen molar-refractivity contribution < 1.29 is 18.9 Å². The fourth-order valence-corrected chi connectivity index (χ4v) is 3.34. The number of nitrogen functional groups attached to an aromatic ring is 2. The maximum Gasteiger partial charge on any atom is 0.127 e. The van der Waals surface area contributed by atoms with E-state index in [2.05, 4.69) is 0 Å². The topological polar surface area (TPSA) is 159 Å². The molecule has 5 aromatic rings. The molecule has 0 aromatic heterocycles. The van der Waals surface area contributed by atoms with Crippen LogP contribution in [0.3, 0.4) is 0 Å². The number of nitrogens with two attached hydrogens (primary N) is 2. The van der Waals surface area contributed by atoms with Crippen LogP contribution in [0.25, 0.3) is 0 Å². The monoisotopic (exact) mass is 510 g/mol. The quantitative estimate of drug-likeness (QED) is 0.151. The van der Waals surface area contributed by atoms with Crippen LogP contribution < -0.4 is 42.7 Å². The van der Waals surface area contributed by atoms with Crippen LogP contribution in [0.2, 0.25) is 0 Å². The summed E-state index contributed by atoms with van der Waals surface area (Å²) in [7, 11) is 0. The fraction of sp³-hybridized carbons (Fsp3) is 0. The van der Waals surface area contributed by atoms with E-state index < -0.39 is 0 Å². The first-order chi connectivity index (χ1) is 17.6. The SMILES string of the molecule is N.N.Nc1ccc(Oc2ccc(Oc3ccc(Oc4ccc(Oc5ccc(N)cc5)cc4)cc3)cc2)cc1. The molecular formula is C30H30N4O4. The Bertz CT molecular complexity index is 1290. The Morgan fingerprint density at radius 3 is 0.553 bits per heavy atom. The Morgan fingerprint density at radius 1 is 0.263 bits per heavy atom. The zero-order valence-corrected chi connectivity index (χ0v) is 20.7. The molecule has 0 aliphatic carbocycles. The van der Waals surface area contributed by atoms with E-state index in [9.17, 15) is 0 Å². The largest absolute Gasteiger partial charge is 0.457 e. The summed E-state index contributed by atoms with van der Waals surface area (Å²) in [5, 5.41) is 0. The van der Waals surface area contributed by atoms with Gasteiger partial charge in [0, 0.05) is 11.4 Å². The van der Waals surface area contributed by atoms with Crippen LogP contribution in [0.5, 0.6) is 46.0 Å². The average molecular weight is 511 g/mol. The highest BCUT2D eigenvalue weighted by Gasteiger charge is 2.04. The highest BCUT2D eigenvalue weighted by molar-refractivity contribution is 5.45. The van der Waals surface area contributed by atoms with Gasteiger partial charge in [0.05, 0.1) is 0 Å². The van der Waals surface area contributed by atoms with Gasteiger partial charge in [-0.25, -0.2) is 0 Å². The van der Waals surface area contributed by atoms with Crippen molar-refractivity contribution in [3.05, 3.63) is 121 Å². The van der Waals surface area contributed by atoms with Crippen molar-refractivity contribution in [1.82, 2.24) is 12.3 Å². The van der Waals surface area contributed by atoms with E-state index in [-0.39, 0.29) is 12.3 Å². The summed E-state index contributed by atoms with van der Waals surface area (Å²) in [5.74, 6) is 5.65. The molecule has 0 aliphatic heterocycles. The summed E-state index contributed by atoms with van der Waals surface area (Å²) in [5.41, 5.74) is 12.8. The third kappa shape index (κ3) is 7.41. The minimum atomic E-state index is 0. The van der Waals surface area contributed by atoms with Gasteiger partial charge in [0.1, 0.15) is 46.0 Å². The van der Waals surface area contributed by atoms with Gasteiger partial charge in [-0.3, -0.25) is 0 Å². The molecule has 0 heterocycles. The van der Waals surface area contributed by atoms with Gasteiger partial charge in [-0.05, 0) is 121 Å². The Balaban J connectivity index is 0.00000200. The van der Waals surface area contributed by atoms with E-state index in [1.54, 1.807) is 24.3 Å². The molecule has 0 aliphatic rings. The lowest BCUT2D eigenvalue weighted by atomic mass is 10.3. The summed E-state index contributed by atoms with van der Waals surface area (Å²) in [6.45, 7) is 0. The Kier molecular flexibility index (Phi) is 9.15. The van der Waals surface area contributed by atoms with Gasteiger partial charge in [0.25, 0.3) is 0 Å². The molecule has 8 nitrogen and oxygen atoms in total. The standard InChI is InChI=1S/C30H24N2O4.2H3N/c31-21-1-5-23(6-2-21)33-25-9-13-27(14-10-25)35-29-17-19-30(20-18-29)36-28-15-11-26(12-16-28)34-24-7-3-22(32)4-8-24;;/h1-20H,31-32H2;2*1H3. The summed E-state index contributed by atoms with van der Waals surface area (Å²) < 4.78 is 23.5. The first-order valence-corrected chi connectivity index (χ1v) is 11.3. The van der Waals surface area contributed by atoms with Crippen molar-refractivity contribution in [1.29, 1.82) is 0 Å². The van der Waals surface area contributed by atoms with Crippen molar-refractivity contribution in [2.75, 3.05) is 11.5 Å². The number of ether oxygens (including phenoxy) is 4. The van der Waals surface area contributed by atoms with Gasteiger partial charge < -0.3 is 42.7 Å². The first-order valence-electron chi connectivity index (χ1n) is 11.3. The molecule has 0 unspecified atom stereocenters. The van der Waals surface area contributed by atoms with Crippen molar-refractivity contribution in [2.45, 2.75) is 0 Å². The van der Waals surface area contributed by atoms with Crippen LogP contribution in [0, 0.1) is 0 Å². The van der Waals surface area contributed by atoms with Gasteiger partial charge in [0.15, 0.2) is 0 Å². The van der Waals surface area contributed by atoms with Gasteiger partial charge in [-0.2, -0.15) is 0 Å².